The van der Waals surface area contributed by atoms with Crippen LogP contribution in [0.15, 0.2) is 123 Å². The lowest BCUT2D eigenvalue weighted by atomic mass is 9.82. The summed E-state index contributed by atoms with van der Waals surface area (Å²) < 4.78 is 22.1. The van der Waals surface area contributed by atoms with E-state index in [1.165, 1.54) is 38.6 Å². The van der Waals surface area contributed by atoms with Gasteiger partial charge in [0.15, 0.2) is 0 Å². The van der Waals surface area contributed by atoms with Crippen molar-refractivity contribution in [3.8, 4) is 39.1 Å². The highest BCUT2D eigenvalue weighted by Gasteiger charge is 2.37. The molecule has 47 heavy (non-hydrogen) atoms. The van der Waals surface area contributed by atoms with Crippen molar-refractivity contribution in [2.75, 3.05) is 0 Å². The molecule has 0 atom stereocenters. The van der Waals surface area contributed by atoms with Crippen molar-refractivity contribution < 1.29 is 13.9 Å². The summed E-state index contributed by atoms with van der Waals surface area (Å²) in [4.78, 5) is 0. The Morgan fingerprint density at radius 3 is 1.77 bits per heavy atom. The summed E-state index contributed by atoms with van der Waals surface area (Å²) in [5, 5.41) is 12.9. The second-order valence-electron chi connectivity index (χ2n) is 13.5. The Labute approximate surface area is 290 Å². The predicted octanol–water partition coefficient (Wildman–Crippen LogP) is 12.9. The van der Waals surface area contributed by atoms with Crippen molar-refractivity contribution >= 4 is 53.8 Å². The molecule has 9 rings (SSSR count). The number of hydrogen-bond donors (Lipinski definition) is 1. The topological polar surface area (TPSA) is 33.4 Å². The van der Waals surface area contributed by atoms with Gasteiger partial charge in [0.05, 0.1) is 8.95 Å². The molecule has 2 aliphatic carbocycles. The largest absolute Gasteiger partial charge is 0.507 e. The Balaban J connectivity index is 0.000000138. The van der Waals surface area contributed by atoms with E-state index in [-0.39, 0.29) is 22.4 Å². The third-order valence-corrected chi connectivity index (χ3v) is 11.3. The zero-order valence-electron chi connectivity index (χ0n) is 26.4. The monoisotopic (exact) mass is 744 g/mol. The minimum Gasteiger partial charge on any atom is -0.507 e. The Bertz CT molecular complexity index is 2420. The first-order chi connectivity index (χ1) is 22.5. The Kier molecular flexibility index (Phi) is 6.84. The summed E-state index contributed by atoms with van der Waals surface area (Å²) >= 11 is 6.82. The first kappa shape index (κ1) is 30.2. The van der Waals surface area contributed by atoms with Crippen LogP contribution >= 0.6 is 31.9 Å². The van der Waals surface area contributed by atoms with Gasteiger partial charge in [-0.15, -0.1) is 0 Å². The van der Waals surface area contributed by atoms with Gasteiger partial charge in [0.1, 0.15) is 22.7 Å². The molecule has 2 nitrogen and oxygen atoms in total. The van der Waals surface area contributed by atoms with Crippen molar-refractivity contribution in [2.24, 2.45) is 0 Å². The van der Waals surface area contributed by atoms with Gasteiger partial charge in [0.2, 0.25) is 0 Å². The third-order valence-electron chi connectivity index (χ3n) is 10.1. The second kappa shape index (κ2) is 10.7. The summed E-state index contributed by atoms with van der Waals surface area (Å²) in [6.45, 7) is 8.89. The standard InChI is InChI=1S/C21H16BrFO.C21H15BrO/c1-21(2)16-8-4-3-6-12(16)14-10-15(19(24)11-17(14)21)13-7-5-9-18(22)20(13)23;1-21(2)16-8-4-3-6-12(16)14-10-15-13-7-5-9-18(22)20(13)23-19(15)11-17(14)21/h3-11,24H,1-2H3;3-11H,1-2H3. The molecule has 0 unspecified atom stereocenters. The van der Waals surface area contributed by atoms with Gasteiger partial charge in [-0.1, -0.05) is 100 Å². The smallest absolute Gasteiger partial charge is 0.149 e. The molecule has 5 heteroatoms. The van der Waals surface area contributed by atoms with Gasteiger partial charge in [0.25, 0.3) is 0 Å². The number of phenolic OH excluding ortho intramolecular Hbond substituents is 1. The molecule has 7 aromatic rings. The molecule has 2 aliphatic rings. The van der Waals surface area contributed by atoms with Crippen molar-refractivity contribution in [2.45, 2.75) is 38.5 Å². The average Bonchev–Trinajstić information content (AvgIpc) is 3.62. The average molecular weight is 747 g/mol. The summed E-state index contributed by atoms with van der Waals surface area (Å²) in [5.74, 6) is -0.259. The van der Waals surface area contributed by atoms with E-state index < -0.39 is 0 Å². The number of fused-ring (bicyclic) bond motifs is 9. The number of rotatable bonds is 1. The van der Waals surface area contributed by atoms with Crippen LogP contribution in [0.3, 0.4) is 0 Å². The van der Waals surface area contributed by atoms with Gasteiger partial charge < -0.3 is 9.52 Å². The maximum atomic E-state index is 14.5. The molecule has 1 heterocycles. The number of furan rings is 1. The molecule has 0 bridgehead atoms. The van der Waals surface area contributed by atoms with E-state index in [2.05, 4.69) is 120 Å². The molecule has 232 valence electrons. The fourth-order valence-electron chi connectivity index (χ4n) is 7.62. The van der Waals surface area contributed by atoms with Crippen LogP contribution in [0.5, 0.6) is 5.75 Å². The number of aromatic hydroxyl groups is 1. The fraction of sp³-hybridized carbons (Fsp3) is 0.143. The molecule has 0 aliphatic heterocycles. The van der Waals surface area contributed by atoms with Gasteiger partial charge in [-0.25, -0.2) is 4.39 Å². The van der Waals surface area contributed by atoms with Gasteiger partial charge in [-0.2, -0.15) is 0 Å². The van der Waals surface area contributed by atoms with E-state index in [4.69, 9.17) is 4.42 Å². The summed E-state index contributed by atoms with van der Waals surface area (Å²) in [7, 11) is 0. The van der Waals surface area contributed by atoms with Crippen LogP contribution in [0, 0.1) is 5.82 Å². The molecule has 0 amide bonds. The SMILES string of the molecule is CC1(C)c2ccccc2-c2cc(-c3cccc(Br)c3F)c(O)cc21.CC1(C)c2ccccc2-c2cc3c(cc21)oc1c(Br)cccc13. The van der Waals surface area contributed by atoms with Gasteiger partial charge in [0, 0.05) is 32.7 Å². The van der Waals surface area contributed by atoms with Crippen LogP contribution in [0.2, 0.25) is 0 Å². The number of phenols is 1. The molecule has 1 N–H and O–H groups in total. The van der Waals surface area contributed by atoms with Crippen LogP contribution in [0.1, 0.15) is 49.9 Å². The van der Waals surface area contributed by atoms with Crippen molar-refractivity contribution in [3.63, 3.8) is 0 Å². The quantitative estimate of drug-likeness (QED) is 0.181. The molecule has 0 radical (unpaired) electrons. The molecule has 0 fully saturated rings. The third kappa shape index (κ3) is 4.47. The lowest BCUT2D eigenvalue weighted by Crippen LogP contribution is -2.14. The van der Waals surface area contributed by atoms with E-state index in [1.807, 2.05) is 24.3 Å². The van der Waals surface area contributed by atoms with Gasteiger partial charge >= 0.3 is 0 Å². The number of benzene rings is 6. The maximum Gasteiger partial charge on any atom is 0.149 e. The Hall–Kier alpha value is -4.19. The van der Waals surface area contributed by atoms with Crippen molar-refractivity contribution in [1.82, 2.24) is 0 Å². The van der Waals surface area contributed by atoms with E-state index in [0.29, 0.717) is 15.6 Å². The van der Waals surface area contributed by atoms with E-state index in [1.54, 1.807) is 24.3 Å². The van der Waals surface area contributed by atoms with Gasteiger partial charge in [-0.3, -0.25) is 0 Å². The molecular weight excluding hydrogens is 715 g/mol. The first-order valence-corrected chi connectivity index (χ1v) is 17.2. The lowest BCUT2D eigenvalue weighted by Gasteiger charge is -2.22. The van der Waals surface area contributed by atoms with Gasteiger partial charge in [-0.05, 0) is 113 Å². The van der Waals surface area contributed by atoms with E-state index >= 15 is 0 Å². The fourth-order valence-corrected chi connectivity index (χ4v) is 8.43. The molecule has 6 aromatic carbocycles. The highest BCUT2D eigenvalue weighted by molar-refractivity contribution is 9.11. The normalized spacial score (nSPS) is 14.7. The van der Waals surface area contributed by atoms with Crippen LogP contribution in [0.4, 0.5) is 4.39 Å². The second-order valence-corrected chi connectivity index (χ2v) is 15.2. The van der Waals surface area contributed by atoms with Crippen LogP contribution in [0.25, 0.3) is 55.3 Å². The maximum absolute atomic E-state index is 14.5. The van der Waals surface area contributed by atoms with E-state index in [9.17, 15) is 9.50 Å². The molecular formula is C42H31Br2FO2. The number of para-hydroxylation sites is 1. The van der Waals surface area contributed by atoms with E-state index in [0.717, 1.165) is 32.3 Å². The predicted molar refractivity (Wildman–Crippen MR) is 198 cm³/mol. The highest BCUT2D eigenvalue weighted by Crippen LogP contribution is 2.53. The van der Waals surface area contributed by atoms with Crippen molar-refractivity contribution in [1.29, 1.82) is 0 Å². The lowest BCUT2D eigenvalue weighted by molar-refractivity contribution is 0.474. The summed E-state index contributed by atoms with van der Waals surface area (Å²) in [6, 6.07) is 36.5. The number of hydrogen-bond acceptors (Lipinski definition) is 2. The van der Waals surface area contributed by atoms with Crippen molar-refractivity contribution in [3.05, 3.63) is 146 Å². The Morgan fingerprint density at radius 2 is 1.09 bits per heavy atom. The molecule has 0 spiro atoms. The van der Waals surface area contributed by atoms with Crippen LogP contribution in [-0.2, 0) is 10.8 Å². The minimum absolute atomic E-state index is 0.0102. The molecule has 0 saturated carbocycles. The number of halogens is 3. The summed E-state index contributed by atoms with van der Waals surface area (Å²) in [5.41, 5.74) is 12.6. The van der Waals surface area contributed by atoms with Crippen LogP contribution in [-0.4, -0.2) is 5.11 Å². The zero-order chi connectivity index (χ0) is 32.8. The first-order valence-electron chi connectivity index (χ1n) is 15.7. The molecule has 0 saturated heterocycles. The minimum atomic E-state index is -0.363. The highest BCUT2D eigenvalue weighted by atomic mass is 79.9. The zero-order valence-corrected chi connectivity index (χ0v) is 29.6. The van der Waals surface area contributed by atoms with Crippen LogP contribution < -0.4 is 0 Å². The summed E-state index contributed by atoms with van der Waals surface area (Å²) in [6.07, 6.45) is 0. The Morgan fingerprint density at radius 1 is 0.532 bits per heavy atom. The molecule has 1 aromatic heterocycles.